The molecule has 12 rings (SSSR count). The molecule has 0 aliphatic rings. The number of rotatable bonds is 5. The summed E-state index contributed by atoms with van der Waals surface area (Å²) in [5.41, 5.74) is 10.7. The summed E-state index contributed by atoms with van der Waals surface area (Å²) in [7, 11) is 0. The molecule has 0 aliphatic carbocycles. The lowest BCUT2D eigenvalue weighted by molar-refractivity contribution is 0.670. The van der Waals surface area contributed by atoms with E-state index < -0.39 is 0 Å². The summed E-state index contributed by atoms with van der Waals surface area (Å²) >= 11 is 1.85. The lowest BCUT2D eigenvalue weighted by Crippen LogP contribution is -2.12. The summed E-state index contributed by atoms with van der Waals surface area (Å²) in [6.45, 7) is 0. The number of aromatic nitrogens is 1. The molecule has 12 aromatic rings. The summed E-state index contributed by atoms with van der Waals surface area (Å²) in [5.74, 6) is 0. The van der Waals surface area contributed by atoms with E-state index in [-0.39, 0.29) is 0 Å². The standard InChI is InChI=1S/C52H32N2OS/c1-2-15-34-31-49-44(30-33(34)14-1)42-23-12-22-41(51(42)55-49)39-20-5-9-27-47(39)54(48-28-13-24-43-40-21-6-10-29-50(40)56-52(43)48)36-17-11-16-35(32-36)53-45-25-7-3-18-37(45)38-19-4-8-26-46(38)53/h1-32H. The predicted octanol–water partition coefficient (Wildman–Crippen LogP) is 15.3. The van der Waals surface area contributed by atoms with Gasteiger partial charge in [-0.25, -0.2) is 0 Å². The van der Waals surface area contributed by atoms with E-state index in [4.69, 9.17) is 4.42 Å². The van der Waals surface area contributed by atoms with Crippen LogP contribution in [0.15, 0.2) is 199 Å². The molecule has 0 aliphatic heterocycles. The number of para-hydroxylation sites is 4. The quantitative estimate of drug-likeness (QED) is 0.176. The average molecular weight is 733 g/mol. The Kier molecular flexibility index (Phi) is 6.80. The van der Waals surface area contributed by atoms with Crippen LogP contribution in [0.25, 0.3) is 91.5 Å². The van der Waals surface area contributed by atoms with Crippen molar-refractivity contribution in [3.63, 3.8) is 0 Å². The molecule has 0 radical (unpaired) electrons. The van der Waals surface area contributed by atoms with Crippen molar-refractivity contribution in [2.45, 2.75) is 0 Å². The van der Waals surface area contributed by atoms with Gasteiger partial charge in [0.1, 0.15) is 11.2 Å². The highest BCUT2D eigenvalue weighted by Crippen LogP contribution is 2.49. The van der Waals surface area contributed by atoms with Crippen molar-refractivity contribution in [3.05, 3.63) is 194 Å². The van der Waals surface area contributed by atoms with E-state index in [0.29, 0.717) is 0 Å². The maximum atomic E-state index is 6.83. The Bertz CT molecular complexity index is 3460. The number of hydrogen-bond acceptors (Lipinski definition) is 3. The zero-order chi connectivity index (χ0) is 36.7. The van der Waals surface area contributed by atoms with Gasteiger partial charge in [-0.15, -0.1) is 11.3 Å². The molecule has 0 fully saturated rings. The Balaban J connectivity index is 1.13. The fourth-order valence-corrected chi connectivity index (χ4v) is 10.1. The van der Waals surface area contributed by atoms with Crippen LogP contribution in [0.2, 0.25) is 0 Å². The molecule has 4 heteroatoms. The summed E-state index contributed by atoms with van der Waals surface area (Å²) in [4.78, 5) is 2.46. The maximum Gasteiger partial charge on any atom is 0.143 e. The Morgan fingerprint density at radius 3 is 1.88 bits per heavy atom. The van der Waals surface area contributed by atoms with E-state index in [1.165, 1.54) is 52.8 Å². The molecule has 0 saturated carbocycles. The number of hydrogen-bond donors (Lipinski definition) is 0. The second kappa shape index (κ2) is 12.2. The predicted molar refractivity (Wildman–Crippen MR) is 239 cm³/mol. The molecular weight excluding hydrogens is 701 g/mol. The van der Waals surface area contributed by atoms with E-state index in [2.05, 4.69) is 204 Å². The highest BCUT2D eigenvalue weighted by Gasteiger charge is 2.24. The van der Waals surface area contributed by atoms with E-state index in [1.807, 2.05) is 11.3 Å². The Labute approximate surface area is 326 Å². The molecule has 9 aromatic carbocycles. The second-order valence-corrected chi connectivity index (χ2v) is 15.5. The van der Waals surface area contributed by atoms with Crippen LogP contribution in [0.1, 0.15) is 0 Å². The average Bonchev–Trinajstić information content (AvgIpc) is 3.93. The van der Waals surface area contributed by atoms with Crippen molar-refractivity contribution in [3.8, 4) is 16.8 Å². The van der Waals surface area contributed by atoms with Crippen LogP contribution in [0.5, 0.6) is 0 Å². The Morgan fingerprint density at radius 1 is 0.429 bits per heavy atom. The number of thiophene rings is 1. The molecule has 0 atom stereocenters. The molecule has 56 heavy (non-hydrogen) atoms. The van der Waals surface area contributed by atoms with Crippen LogP contribution in [0.3, 0.4) is 0 Å². The summed E-state index contributed by atoms with van der Waals surface area (Å²) in [6.07, 6.45) is 0. The molecule has 3 aromatic heterocycles. The van der Waals surface area contributed by atoms with Gasteiger partial charge in [0.25, 0.3) is 0 Å². The topological polar surface area (TPSA) is 21.3 Å². The molecular formula is C52H32N2OS. The fraction of sp³-hybridized carbons (Fsp3) is 0. The fourth-order valence-electron chi connectivity index (χ4n) is 8.88. The zero-order valence-electron chi connectivity index (χ0n) is 30.2. The van der Waals surface area contributed by atoms with Crippen LogP contribution in [0.4, 0.5) is 17.1 Å². The van der Waals surface area contributed by atoms with Gasteiger partial charge in [0.15, 0.2) is 0 Å². The van der Waals surface area contributed by atoms with Crippen molar-refractivity contribution in [2.75, 3.05) is 4.90 Å². The second-order valence-electron chi connectivity index (χ2n) is 14.5. The van der Waals surface area contributed by atoms with Crippen LogP contribution >= 0.6 is 11.3 Å². The zero-order valence-corrected chi connectivity index (χ0v) is 31.0. The van der Waals surface area contributed by atoms with Gasteiger partial charge in [-0.2, -0.15) is 0 Å². The molecule has 262 valence electrons. The van der Waals surface area contributed by atoms with Crippen molar-refractivity contribution in [1.82, 2.24) is 4.57 Å². The molecule has 0 unspecified atom stereocenters. The van der Waals surface area contributed by atoms with Crippen molar-refractivity contribution in [1.29, 1.82) is 0 Å². The third-order valence-electron chi connectivity index (χ3n) is 11.4. The van der Waals surface area contributed by atoms with Crippen LogP contribution < -0.4 is 4.90 Å². The minimum atomic E-state index is 0.893. The summed E-state index contributed by atoms with van der Waals surface area (Å²) in [5, 5.41) is 9.66. The van der Waals surface area contributed by atoms with Crippen molar-refractivity contribution < 1.29 is 4.42 Å². The highest BCUT2D eigenvalue weighted by atomic mass is 32.1. The lowest BCUT2D eigenvalue weighted by atomic mass is 9.98. The van der Waals surface area contributed by atoms with Crippen LogP contribution in [-0.4, -0.2) is 4.57 Å². The normalized spacial score (nSPS) is 11.9. The highest BCUT2D eigenvalue weighted by molar-refractivity contribution is 7.26. The van der Waals surface area contributed by atoms with Gasteiger partial charge in [0.2, 0.25) is 0 Å². The van der Waals surface area contributed by atoms with E-state index in [1.54, 1.807) is 0 Å². The number of furan rings is 1. The summed E-state index contributed by atoms with van der Waals surface area (Å²) in [6, 6.07) is 70.2. The molecule has 0 saturated heterocycles. The van der Waals surface area contributed by atoms with E-state index in [9.17, 15) is 0 Å². The molecule has 3 heterocycles. The monoisotopic (exact) mass is 732 g/mol. The maximum absolute atomic E-state index is 6.83. The molecule has 3 nitrogen and oxygen atoms in total. The lowest BCUT2D eigenvalue weighted by Gasteiger charge is -2.29. The SMILES string of the molecule is c1cc(N(c2ccccc2-c2cccc3c2oc2cc4ccccc4cc23)c2cccc3c2sc2ccccc23)cc(-n2c3ccccc3c3ccccc32)c1. The van der Waals surface area contributed by atoms with Gasteiger partial charge in [0, 0.05) is 59.5 Å². The first-order valence-electron chi connectivity index (χ1n) is 19.0. The molecule has 0 N–H and O–H groups in total. The molecule has 0 amide bonds. The third-order valence-corrected chi connectivity index (χ3v) is 12.6. The van der Waals surface area contributed by atoms with Gasteiger partial charge in [-0.05, 0) is 71.4 Å². The minimum Gasteiger partial charge on any atom is -0.455 e. The van der Waals surface area contributed by atoms with Crippen LogP contribution in [0, 0.1) is 0 Å². The van der Waals surface area contributed by atoms with Crippen LogP contribution in [-0.2, 0) is 0 Å². The summed E-state index contributed by atoms with van der Waals surface area (Å²) < 4.78 is 11.8. The molecule has 0 bridgehead atoms. The van der Waals surface area contributed by atoms with E-state index in [0.717, 1.165) is 55.8 Å². The Morgan fingerprint density at radius 2 is 1.04 bits per heavy atom. The third kappa shape index (κ3) is 4.63. The molecule has 0 spiro atoms. The first-order chi connectivity index (χ1) is 27.8. The number of nitrogens with zero attached hydrogens (tertiary/aromatic N) is 2. The van der Waals surface area contributed by atoms with Gasteiger partial charge in [-0.3, -0.25) is 0 Å². The minimum absolute atomic E-state index is 0.893. The first-order valence-corrected chi connectivity index (χ1v) is 19.8. The number of fused-ring (bicyclic) bond motifs is 10. The largest absolute Gasteiger partial charge is 0.455 e. The van der Waals surface area contributed by atoms with Crippen molar-refractivity contribution in [2.24, 2.45) is 0 Å². The number of benzene rings is 9. The van der Waals surface area contributed by atoms with Gasteiger partial charge in [0.05, 0.1) is 27.1 Å². The Hall–Kier alpha value is -7.14. The number of anilines is 3. The van der Waals surface area contributed by atoms with Gasteiger partial charge in [-0.1, -0.05) is 133 Å². The first kappa shape index (κ1) is 31.2. The van der Waals surface area contributed by atoms with Gasteiger partial charge >= 0.3 is 0 Å². The smallest absolute Gasteiger partial charge is 0.143 e. The van der Waals surface area contributed by atoms with Crippen molar-refractivity contribution >= 4 is 103 Å². The van der Waals surface area contributed by atoms with E-state index >= 15 is 0 Å². The van der Waals surface area contributed by atoms with Gasteiger partial charge < -0.3 is 13.9 Å².